The first-order valence-electron chi connectivity index (χ1n) is 3.77. The molecule has 5 heteroatoms. The maximum atomic E-state index is 5.78. The number of nitrogen functional groups attached to an aromatic ring is 1. The lowest BCUT2D eigenvalue weighted by Crippen LogP contribution is -1.98. The summed E-state index contributed by atoms with van der Waals surface area (Å²) in [5.41, 5.74) is 7.59. The van der Waals surface area contributed by atoms with Gasteiger partial charge in [0.1, 0.15) is 6.61 Å². The van der Waals surface area contributed by atoms with Gasteiger partial charge in [-0.05, 0) is 34.1 Å². The number of ether oxygens (including phenoxy) is 1. The van der Waals surface area contributed by atoms with Gasteiger partial charge in [-0.2, -0.15) is 0 Å². The molecule has 0 fully saturated rings. The van der Waals surface area contributed by atoms with Crippen LogP contribution in [0.2, 0.25) is 5.02 Å². The summed E-state index contributed by atoms with van der Waals surface area (Å²) in [6.07, 6.45) is 1.67. The molecule has 0 spiro atoms. The van der Waals surface area contributed by atoms with Crippen LogP contribution in [0.3, 0.4) is 0 Å². The van der Waals surface area contributed by atoms with Crippen LogP contribution in [0, 0.1) is 0 Å². The molecule has 0 saturated heterocycles. The minimum atomic E-state index is 0.369. The molecule has 1 aromatic carbocycles. The minimum Gasteiger partial charge on any atom is -0.486 e. The highest BCUT2D eigenvalue weighted by atomic mass is 79.9. The summed E-state index contributed by atoms with van der Waals surface area (Å²) in [5.74, 6) is 0.573. The fourth-order valence-electron chi connectivity index (χ4n) is 0.900. The molecular weight excluding hydrogens is 289 g/mol. The van der Waals surface area contributed by atoms with Crippen LogP contribution >= 0.6 is 39.1 Å². The monoisotopic (exact) mass is 295 g/mol. The topological polar surface area (TPSA) is 35.2 Å². The lowest BCUT2D eigenvalue weighted by molar-refractivity contribution is 0.363. The van der Waals surface area contributed by atoms with Crippen LogP contribution in [0.1, 0.15) is 0 Å². The van der Waals surface area contributed by atoms with Crippen molar-refractivity contribution in [1.29, 1.82) is 0 Å². The Labute approximate surface area is 101 Å². The van der Waals surface area contributed by atoms with Crippen molar-refractivity contribution in [2.75, 3.05) is 12.3 Å². The van der Waals surface area contributed by atoms with Crippen molar-refractivity contribution in [3.05, 3.63) is 33.2 Å². The first kappa shape index (κ1) is 11.7. The van der Waals surface area contributed by atoms with E-state index in [1.165, 1.54) is 5.54 Å². The zero-order chi connectivity index (χ0) is 10.6. The molecule has 0 radical (unpaired) electrons. The van der Waals surface area contributed by atoms with E-state index in [0.717, 1.165) is 4.47 Å². The summed E-state index contributed by atoms with van der Waals surface area (Å²) in [7, 11) is 0. The Kier molecular flexibility index (Phi) is 4.58. The van der Waals surface area contributed by atoms with Crippen molar-refractivity contribution in [2.45, 2.75) is 0 Å². The number of halogens is 3. The van der Waals surface area contributed by atoms with Gasteiger partial charge in [0.05, 0.1) is 10.2 Å². The fraction of sp³-hybridized carbons (Fsp3) is 0.111. The molecule has 0 aliphatic rings. The zero-order valence-electron chi connectivity index (χ0n) is 7.14. The van der Waals surface area contributed by atoms with Crippen molar-refractivity contribution in [2.24, 2.45) is 0 Å². The molecule has 2 nitrogen and oxygen atoms in total. The van der Waals surface area contributed by atoms with E-state index in [1.54, 1.807) is 18.2 Å². The Morgan fingerprint density at radius 3 is 2.79 bits per heavy atom. The van der Waals surface area contributed by atoms with Gasteiger partial charge in [-0.25, -0.2) is 0 Å². The molecule has 0 heterocycles. The largest absolute Gasteiger partial charge is 0.486 e. The number of hydrogen-bond donors (Lipinski definition) is 1. The molecule has 0 aliphatic heterocycles. The molecule has 0 amide bonds. The number of benzene rings is 1. The van der Waals surface area contributed by atoms with Gasteiger partial charge < -0.3 is 10.5 Å². The van der Waals surface area contributed by atoms with Crippen molar-refractivity contribution >= 4 is 44.8 Å². The van der Waals surface area contributed by atoms with Crippen LogP contribution in [0.5, 0.6) is 5.75 Å². The van der Waals surface area contributed by atoms with Crippen LogP contribution in [0.4, 0.5) is 5.69 Å². The Balaban J connectivity index is 2.85. The predicted octanol–water partition coefficient (Wildman–Crippen LogP) is 3.82. The Bertz CT molecular complexity index is 332. The minimum absolute atomic E-state index is 0.369. The smallest absolute Gasteiger partial charge is 0.156 e. The van der Waals surface area contributed by atoms with Crippen LogP contribution in [-0.4, -0.2) is 6.61 Å². The molecular formula is C9H8BrCl2NO. The van der Waals surface area contributed by atoms with Crippen LogP contribution < -0.4 is 10.5 Å². The van der Waals surface area contributed by atoms with Crippen LogP contribution in [0.25, 0.3) is 0 Å². The van der Waals surface area contributed by atoms with E-state index in [0.29, 0.717) is 23.1 Å². The second-order valence-corrected chi connectivity index (χ2v) is 4.02. The Morgan fingerprint density at radius 2 is 2.21 bits per heavy atom. The highest BCUT2D eigenvalue weighted by molar-refractivity contribution is 9.10. The molecule has 76 valence electrons. The van der Waals surface area contributed by atoms with Gasteiger partial charge in [0.15, 0.2) is 5.75 Å². The lowest BCUT2D eigenvalue weighted by Gasteiger charge is -2.09. The Hall–Kier alpha value is -0.380. The van der Waals surface area contributed by atoms with E-state index < -0.39 is 0 Å². The van der Waals surface area contributed by atoms with E-state index in [1.807, 2.05) is 0 Å². The number of hydrogen-bond acceptors (Lipinski definition) is 2. The number of anilines is 1. The first-order valence-corrected chi connectivity index (χ1v) is 5.38. The SMILES string of the molecule is Nc1cc(Cl)cc(Br)c1OC/C=C/Cl. The summed E-state index contributed by atoms with van der Waals surface area (Å²) in [6, 6.07) is 3.35. The molecule has 0 unspecified atom stereocenters. The molecule has 0 saturated carbocycles. The summed E-state index contributed by atoms with van der Waals surface area (Å²) in [5, 5.41) is 0.564. The molecule has 0 aromatic heterocycles. The third-order valence-corrected chi connectivity index (χ3v) is 2.44. The summed E-state index contributed by atoms with van der Waals surface area (Å²) >= 11 is 14.4. The van der Waals surface area contributed by atoms with Gasteiger partial charge in [-0.15, -0.1) is 0 Å². The lowest BCUT2D eigenvalue weighted by atomic mass is 10.3. The van der Waals surface area contributed by atoms with Gasteiger partial charge in [0.2, 0.25) is 0 Å². The number of nitrogens with two attached hydrogens (primary N) is 1. The Morgan fingerprint density at radius 1 is 1.50 bits per heavy atom. The normalized spacial score (nSPS) is 10.8. The molecule has 1 rings (SSSR count). The van der Waals surface area contributed by atoms with Crippen LogP contribution in [0.15, 0.2) is 28.2 Å². The van der Waals surface area contributed by atoms with Crippen molar-refractivity contribution in [1.82, 2.24) is 0 Å². The van der Waals surface area contributed by atoms with E-state index in [9.17, 15) is 0 Å². The van der Waals surface area contributed by atoms with Gasteiger partial charge in [0.25, 0.3) is 0 Å². The molecule has 2 N–H and O–H groups in total. The average Bonchev–Trinajstić information content (AvgIpc) is 2.09. The quantitative estimate of drug-likeness (QED) is 0.861. The predicted molar refractivity (Wildman–Crippen MR) is 64.1 cm³/mol. The van der Waals surface area contributed by atoms with Gasteiger partial charge >= 0.3 is 0 Å². The van der Waals surface area contributed by atoms with E-state index >= 15 is 0 Å². The maximum absolute atomic E-state index is 5.78. The summed E-state index contributed by atoms with van der Waals surface area (Å²) < 4.78 is 6.09. The van der Waals surface area contributed by atoms with Gasteiger partial charge in [0, 0.05) is 10.6 Å². The van der Waals surface area contributed by atoms with Crippen molar-refractivity contribution < 1.29 is 4.74 Å². The first-order chi connectivity index (χ1) is 6.65. The van der Waals surface area contributed by atoms with Crippen molar-refractivity contribution in [3.8, 4) is 5.75 Å². The third-order valence-electron chi connectivity index (χ3n) is 1.45. The maximum Gasteiger partial charge on any atom is 0.156 e. The second kappa shape index (κ2) is 5.49. The fourth-order valence-corrected chi connectivity index (χ4v) is 1.92. The molecule has 14 heavy (non-hydrogen) atoms. The van der Waals surface area contributed by atoms with Gasteiger partial charge in [-0.1, -0.05) is 23.2 Å². The molecule has 0 aliphatic carbocycles. The summed E-state index contributed by atoms with van der Waals surface area (Å²) in [4.78, 5) is 0. The third kappa shape index (κ3) is 3.08. The molecule has 0 bridgehead atoms. The van der Waals surface area contributed by atoms with Crippen LogP contribution in [-0.2, 0) is 0 Å². The summed E-state index contributed by atoms with van der Waals surface area (Å²) in [6.45, 7) is 0.369. The second-order valence-electron chi connectivity index (χ2n) is 2.48. The number of rotatable bonds is 3. The van der Waals surface area contributed by atoms with Gasteiger partial charge in [-0.3, -0.25) is 0 Å². The van der Waals surface area contributed by atoms with Crippen molar-refractivity contribution in [3.63, 3.8) is 0 Å². The highest BCUT2D eigenvalue weighted by Crippen LogP contribution is 2.34. The molecule has 0 atom stereocenters. The average molecular weight is 297 g/mol. The highest BCUT2D eigenvalue weighted by Gasteiger charge is 2.06. The van der Waals surface area contributed by atoms with E-state index in [-0.39, 0.29) is 0 Å². The zero-order valence-corrected chi connectivity index (χ0v) is 10.2. The van der Waals surface area contributed by atoms with E-state index in [2.05, 4.69) is 15.9 Å². The molecule has 1 aromatic rings. The van der Waals surface area contributed by atoms with E-state index in [4.69, 9.17) is 33.7 Å². The standard InChI is InChI=1S/C9H8BrCl2NO/c10-7-4-6(12)5-8(13)9(7)14-3-1-2-11/h1-2,4-5H,3,13H2/b2-1+.